The fraction of sp³-hybridized carbons (Fsp3) is 0.524. The number of likely N-dealkylation sites (tertiary alicyclic amines) is 1. The molecule has 7 nitrogen and oxygen atoms in total. The van der Waals surface area contributed by atoms with Crippen molar-refractivity contribution in [2.24, 2.45) is 0 Å². The van der Waals surface area contributed by atoms with Gasteiger partial charge in [-0.1, -0.05) is 6.07 Å². The van der Waals surface area contributed by atoms with Gasteiger partial charge in [-0.3, -0.25) is 0 Å². The van der Waals surface area contributed by atoms with Gasteiger partial charge in [0.15, 0.2) is 17.6 Å². The Hall–Kier alpha value is -2.38. The molecule has 2 aromatic rings. The minimum atomic E-state index is -0.944. The normalized spacial score (nSPS) is 34.3. The molecule has 1 aromatic carbocycles. The summed E-state index contributed by atoms with van der Waals surface area (Å²) in [7, 11) is 5.33. The lowest BCUT2D eigenvalue weighted by Crippen LogP contribution is -2.74. The number of methoxy groups -OCH3 is 2. The Morgan fingerprint density at radius 2 is 2.11 bits per heavy atom. The van der Waals surface area contributed by atoms with Crippen molar-refractivity contribution in [2.45, 2.75) is 42.4 Å². The molecule has 2 aliphatic heterocycles. The standard InChI is InChI=1S/C21H23N3O4/c1-24-7-6-20-15-11-4-5-13(26-2)17(15)28-18(20)16-12(10-22-19(23-16)27-3)9-21(20,25)14(24)8-11/h4-5,10,14,18,25H,6-9H2,1-3H3/t14-,18+,20+,21-/m1/s1. The minimum absolute atomic E-state index is 0.0226. The van der Waals surface area contributed by atoms with Crippen LogP contribution in [0.5, 0.6) is 17.5 Å². The summed E-state index contributed by atoms with van der Waals surface area (Å²) in [4.78, 5) is 11.3. The third kappa shape index (κ3) is 1.65. The monoisotopic (exact) mass is 381 g/mol. The third-order valence-electron chi connectivity index (χ3n) is 7.45. The number of benzene rings is 1. The number of aliphatic hydroxyl groups is 1. The summed E-state index contributed by atoms with van der Waals surface area (Å²) in [5, 5.41) is 12.3. The molecular formula is C21H23N3O4. The van der Waals surface area contributed by atoms with Gasteiger partial charge < -0.3 is 24.2 Å². The topological polar surface area (TPSA) is 76.9 Å². The van der Waals surface area contributed by atoms with Crippen LogP contribution in [-0.2, 0) is 18.3 Å². The highest BCUT2D eigenvalue weighted by Gasteiger charge is 2.72. The van der Waals surface area contributed by atoms with Gasteiger partial charge in [-0.2, -0.15) is 4.98 Å². The minimum Gasteiger partial charge on any atom is -0.493 e. The highest BCUT2D eigenvalue weighted by molar-refractivity contribution is 5.64. The van der Waals surface area contributed by atoms with Crippen LogP contribution in [0.4, 0.5) is 0 Å². The number of ether oxygens (including phenoxy) is 3. The SMILES string of the molecule is COc1ncc2c(n1)[C@@H]1Oc3c(OC)ccc4c3[C@@]13CCN(C)[C@H](C4)[C@]3(O)C2. The summed E-state index contributed by atoms with van der Waals surface area (Å²) >= 11 is 0. The maximum absolute atomic E-state index is 12.3. The fourth-order valence-corrected chi connectivity index (χ4v) is 6.23. The Morgan fingerprint density at radius 1 is 1.25 bits per heavy atom. The number of hydrogen-bond donors (Lipinski definition) is 1. The summed E-state index contributed by atoms with van der Waals surface area (Å²) in [5.74, 6) is 1.47. The molecule has 1 saturated heterocycles. The maximum atomic E-state index is 12.3. The van der Waals surface area contributed by atoms with E-state index in [1.807, 2.05) is 6.07 Å². The molecule has 4 aliphatic rings. The first-order chi connectivity index (χ1) is 13.5. The van der Waals surface area contributed by atoms with Gasteiger partial charge in [0.05, 0.1) is 30.9 Å². The number of hydrogen-bond acceptors (Lipinski definition) is 7. The second kappa shape index (κ2) is 5.15. The zero-order chi connectivity index (χ0) is 19.3. The molecular weight excluding hydrogens is 358 g/mol. The summed E-state index contributed by atoms with van der Waals surface area (Å²) in [6.45, 7) is 0.903. The van der Waals surface area contributed by atoms with Crippen molar-refractivity contribution in [1.82, 2.24) is 14.9 Å². The van der Waals surface area contributed by atoms with Crippen molar-refractivity contribution in [3.05, 3.63) is 40.7 Å². The van der Waals surface area contributed by atoms with Gasteiger partial charge in [0, 0.05) is 24.2 Å². The lowest BCUT2D eigenvalue weighted by molar-refractivity contribution is -0.168. The number of likely N-dealkylation sites (N-methyl/N-ethyl adjacent to an activating group) is 1. The van der Waals surface area contributed by atoms with E-state index in [2.05, 4.69) is 28.0 Å². The molecule has 1 aromatic heterocycles. The van der Waals surface area contributed by atoms with E-state index < -0.39 is 11.0 Å². The van der Waals surface area contributed by atoms with E-state index in [9.17, 15) is 5.11 Å². The third-order valence-corrected chi connectivity index (χ3v) is 7.45. The summed E-state index contributed by atoms with van der Waals surface area (Å²) in [5.41, 5.74) is 2.63. The Morgan fingerprint density at radius 3 is 2.89 bits per heavy atom. The van der Waals surface area contributed by atoms with Gasteiger partial charge in [-0.15, -0.1) is 0 Å². The van der Waals surface area contributed by atoms with Gasteiger partial charge in [-0.05, 0) is 43.6 Å². The number of piperidine rings is 1. The van der Waals surface area contributed by atoms with E-state index in [0.29, 0.717) is 18.2 Å². The summed E-state index contributed by atoms with van der Waals surface area (Å²) in [6, 6.07) is 4.46. The maximum Gasteiger partial charge on any atom is 0.316 e. The Labute approximate surface area is 163 Å². The van der Waals surface area contributed by atoms with Gasteiger partial charge in [0.1, 0.15) is 0 Å². The molecule has 6 rings (SSSR count). The highest BCUT2D eigenvalue weighted by atomic mass is 16.5. The second-order valence-electron chi connectivity index (χ2n) is 8.42. The molecule has 2 bridgehead atoms. The zero-order valence-electron chi connectivity index (χ0n) is 16.2. The smallest absolute Gasteiger partial charge is 0.316 e. The average molecular weight is 381 g/mol. The van der Waals surface area contributed by atoms with Crippen LogP contribution in [0.3, 0.4) is 0 Å². The molecule has 146 valence electrons. The highest BCUT2D eigenvalue weighted by Crippen LogP contribution is 2.68. The van der Waals surface area contributed by atoms with Crippen LogP contribution in [0.2, 0.25) is 0 Å². The largest absolute Gasteiger partial charge is 0.493 e. The molecule has 1 fully saturated rings. The molecule has 0 unspecified atom stereocenters. The van der Waals surface area contributed by atoms with E-state index in [1.165, 1.54) is 5.56 Å². The molecule has 0 amide bonds. The van der Waals surface area contributed by atoms with E-state index in [4.69, 9.17) is 14.2 Å². The summed E-state index contributed by atoms with van der Waals surface area (Å²) < 4.78 is 17.5. The molecule has 3 heterocycles. The first kappa shape index (κ1) is 16.6. The molecule has 7 heteroatoms. The average Bonchev–Trinajstić information content (AvgIpc) is 3.05. The van der Waals surface area contributed by atoms with Crippen LogP contribution in [-0.4, -0.2) is 59.4 Å². The molecule has 1 spiro atoms. The van der Waals surface area contributed by atoms with Gasteiger partial charge in [-0.25, -0.2) is 4.98 Å². The van der Waals surface area contributed by atoms with Crippen LogP contribution >= 0.6 is 0 Å². The fourth-order valence-electron chi connectivity index (χ4n) is 6.23. The van der Waals surface area contributed by atoms with Crippen LogP contribution in [0.25, 0.3) is 0 Å². The van der Waals surface area contributed by atoms with E-state index in [1.54, 1.807) is 20.4 Å². The van der Waals surface area contributed by atoms with Gasteiger partial charge in [0.2, 0.25) is 0 Å². The number of fused-ring (bicyclic) bond motifs is 2. The van der Waals surface area contributed by atoms with Crippen molar-refractivity contribution in [2.75, 3.05) is 27.8 Å². The molecule has 2 aliphatic carbocycles. The first-order valence-corrected chi connectivity index (χ1v) is 9.73. The van der Waals surface area contributed by atoms with Crippen LogP contribution < -0.4 is 14.2 Å². The van der Waals surface area contributed by atoms with E-state index in [-0.39, 0.29) is 12.1 Å². The van der Waals surface area contributed by atoms with Crippen LogP contribution in [0.1, 0.15) is 34.9 Å². The second-order valence-corrected chi connectivity index (χ2v) is 8.42. The zero-order valence-corrected chi connectivity index (χ0v) is 16.2. The predicted molar refractivity (Wildman–Crippen MR) is 100 cm³/mol. The predicted octanol–water partition coefficient (Wildman–Crippen LogP) is 1.41. The lowest BCUT2D eigenvalue weighted by atomic mass is 9.49. The Balaban J connectivity index is 1.69. The number of nitrogens with zero attached hydrogens (tertiary/aromatic N) is 3. The lowest BCUT2D eigenvalue weighted by Gasteiger charge is -2.62. The van der Waals surface area contributed by atoms with Crippen molar-refractivity contribution in [1.29, 1.82) is 0 Å². The Bertz CT molecular complexity index is 1010. The molecule has 1 N–H and O–H groups in total. The molecule has 28 heavy (non-hydrogen) atoms. The van der Waals surface area contributed by atoms with E-state index >= 15 is 0 Å². The van der Waals surface area contributed by atoms with Gasteiger partial charge >= 0.3 is 6.01 Å². The number of rotatable bonds is 2. The summed E-state index contributed by atoms with van der Waals surface area (Å²) in [6.07, 6.45) is 3.52. The Kier molecular flexibility index (Phi) is 3.05. The van der Waals surface area contributed by atoms with Crippen LogP contribution in [0, 0.1) is 0 Å². The molecule has 4 atom stereocenters. The van der Waals surface area contributed by atoms with Crippen molar-refractivity contribution in [3.8, 4) is 17.5 Å². The quantitative estimate of drug-likeness (QED) is 0.843. The van der Waals surface area contributed by atoms with Gasteiger partial charge in [0.25, 0.3) is 0 Å². The van der Waals surface area contributed by atoms with E-state index in [0.717, 1.165) is 42.0 Å². The van der Waals surface area contributed by atoms with Crippen molar-refractivity contribution >= 4 is 0 Å². The van der Waals surface area contributed by atoms with Crippen LogP contribution in [0.15, 0.2) is 18.3 Å². The molecule has 0 saturated carbocycles. The van der Waals surface area contributed by atoms with Crippen molar-refractivity contribution < 1.29 is 19.3 Å². The molecule has 0 radical (unpaired) electrons. The van der Waals surface area contributed by atoms with Crippen molar-refractivity contribution in [3.63, 3.8) is 0 Å². The number of aromatic nitrogens is 2. The first-order valence-electron chi connectivity index (χ1n) is 9.73.